The number of halogens is 1. The lowest BCUT2D eigenvalue weighted by atomic mass is 10.1. The van der Waals surface area contributed by atoms with Crippen LogP contribution in [0.2, 0.25) is 0 Å². The molecule has 2 rings (SSSR count). The van der Waals surface area contributed by atoms with E-state index < -0.39 is 0 Å². The monoisotopic (exact) mass is 433 g/mol. The zero-order chi connectivity index (χ0) is 16.1. The van der Waals surface area contributed by atoms with Gasteiger partial charge < -0.3 is 10.6 Å². The van der Waals surface area contributed by atoms with Crippen LogP contribution in [-0.4, -0.2) is 34.9 Å². The minimum Gasteiger partial charge on any atom is -0.357 e. The zero-order valence-electron chi connectivity index (χ0n) is 15.1. The predicted molar refractivity (Wildman–Crippen MR) is 108 cm³/mol. The second-order valence-corrected chi connectivity index (χ2v) is 6.52. The average Bonchev–Trinajstić information content (AvgIpc) is 3.24. The molecule has 1 unspecified atom stereocenters. The van der Waals surface area contributed by atoms with Crippen LogP contribution in [0.3, 0.4) is 0 Å². The van der Waals surface area contributed by atoms with E-state index in [-0.39, 0.29) is 24.0 Å². The van der Waals surface area contributed by atoms with Crippen LogP contribution in [0.4, 0.5) is 0 Å². The SMILES string of the molecule is CCNC(=NCCC1CC1)NC(C)Cc1c(C)nn(C)c1C.I. The number of nitrogens with zero attached hydrogens (tertiary/aromatic N) is 3. The molecule has 0 saturated heterocycles. The van der Waals surface area contributed by atoms with E-state index in [2.05, 4.69) is 43.4 Å². The topological polar surface area (TPSA) is 54.2 Å². The van der Waals surface area contributed by atoms with Crippen LogP contribution < -0.4 is 10.6 Å². The van der Waals surface area contributed by atoms with Crippen LogP contribution >= 0.6 is 24.0 Å². The summed E-state index contributed by atoms with van der Waals surface area (Å²) >= 11 is 0. The van der Waals surface area contributed by atoms with Gasteiger partial charge in [-0.05, 0) is 52.0 Å². The number of aliphatic imine (C=N–C) groups is 1. The third-order valence-corrected chi connectivity index (χ3v) is 4.40. The Kier molecular flexibility index (Phi) is 8.36. The summed E-state index contributed by atoms with van der Waals surface area (Å²) in [6.45, 7) is 10.4. The van der Waals surface area contributed by atoms with Crippen molar-refractivity contribution in [3.05, 3.63) is 17.0 Å². The Balaban J connectivity index is 0.00000264. The van der Waals surface area contributed by atoms with E-state index in [1.165, 1.54) is 30.5 Å². The molecular formula is C17H32IN5. The van der Waals surface area contributed by atoms with E-state index in [9.17, 15) is 0 Å². The lowest BCUT2D eigenvalue weighted by molar-refractivity contribution is 0.632. The maximum Gasteiger partial charge on any atom is 0.191 e. The molecule has 23 heavy (non-hydrogen) atoms. The normalized spacial score (nSPS) is 16.0. The highest BCUT2D eigenvalue weighted by atomic mass is 127. The molecule has 1 heterocycles. The van der Waals surface area contributed by atoms with Crippen LogP contribution in [0.15, 0.2) is 4.99 Å². The molecule has 0 spiro atoms. The number of rotatable bonds is 7. The van der Waals surface area contributed by atoms with E-state index >= 15 is 0 Å². The fourth-order valence-electron chi connectivity index (χ4n) is 2.79. The van der Waals surface area contributed by atoms with Crippen molar-refractivity contribution in [2.75, 3.05) is 13.1 Å². The van der Waals surface area contributed by atoms with E-state index in [0.717, 1.165) is 37.1 Å². The number of nitrogens with one attached hydrogen (secondary N) is 2. The molecule has 1 fully saturated rings. The highest BCUT2D eigenvalue weighted by Gasteiger charge is 2.20. The first kappa shape index (κ1) is 20.3. The molecule has 1 aliphatic carbocycles. The van der Waals surface area contributed by atoms with Gasteiger partial charge in [-0.2, -0.15) is 5.10 Å². The maximum atomic E-state index is 4.70. The summed E-state index contributed by atoms with van der Waals surface area (Å²) in [5.74, 6) is 1.87. The van der Waals surface area contributed by atoms with Crippen LogP contribution in [0, 0.1) is 19.8 Å². The summed E-state index contributed by atoms with van der Waals surface area (Å²) in [6, 6.07) is 0.334. The largest absolute Gasteiger partial charge is 0.357 e. The third kappa shape index (κ3) is 6.31. The molecule has 0 amide bonds. The Hall–Kier alpha value is -0.790. The van der Waals surface area contributed by atoms with Crippen molar-refractivity contribution < 1.29 is 0 Å². The standard InChI is InChI=1S/C17H31N5.HI/c1-6-18-17(19-10-9-15-7-8-15)20-12(2)11-16-13(3)21-22(5)14(16)4;/h12,15H,6-11H2,1-5H3,(H2,18,19,20);1H. The Bertz CT molecular complexity index is 519. The number of guanidine groups is 1. The second kappa shape index (κ2) is 9.49. The fourth-order valence-corrected chi connectivity index (χ4v) is 2.79. The number of hydrogen-bond acceptors (Lipinski definition) is 2. The van der Waals surface area contributed by atoms with E-state index in [4.69, 9.17) is 4.99 Å². The molecule has 1 aromatic rings. The summed E-state index contributed by atoms with van der Waals surface area (Å²) in [4.78, 5) is 4.70. The van der Waals surface area contributed by atoms with Crippen LogP contribution in [0.25, 0.3) is 0 Å². The van der Waals surface area contributed by atoms with Gasteiger partial charge in [0.15, 0.2) is 5.96 Å². The Labute approximate surface area is 157 Å². The Morgan fingerprint density at radius 2 is 2.09 bits per heavy atom. The minimum absolute atomic E-state index is 0. The molecule has 0 bridgehead atoms. The summed E-state index contributed by atoms with van der Waals surface area (Å²) in [5.41, 5.74) is 3.72. The van der Waals surface area contributed by atoms with Gasteiger partial charge in [0.2, 0.25) is 0 Å². The quantitative estimate of drug-likeness (QED) is 0.395. The molecule has 132 valence electrons. The van der Waals surface area contributed by atoms with Crippen molar-refractivity contribution in [3.8, 4) is 0 Å². The van der Waals surface area contributed by atoms with Gasteiger partial charge in [-0.3, -0.25) is 9.67 Å². The molecule has 1 aliphatic rings. The first-order valence-corrected chi connectivity index (χ1v) is 8.55. The van der Waals surface area contributed by atoms with Crippen LogP contribution in [0.1, 0.15) is 50.1 Å². The summed E-state index contributed by atoms with van der Waals surface area (Å²) < 4.78 is 1.96. The number of aryl methyl sites for hydroxylation is 2. The summed E-state index contributed by atoms with van der Waals surface area (Å²) in [5, 5.41) is 11.4. The first-order valence-electron chi connectivity index (χ1n) is 8.55. The zero-order valence-corrected chi connectivity index (χ0v) is 17.5. The van der Waals surface area contributed by atoms with E-state index in [0.29, 0.717) is 6.04 Å². The molecule has 6 heteroatoms. The second-order valence-electron chi connectivity index (χ2n) is 6.52. The maximum absolute atomic E-state index is 4.70. The Morgan fingerprint density at radius 3 is 2.61 bits per heavy atom. The summed E-state index contributed by atoms with van der Waals surface area (Å²) in [7, 11) is 2.01. The lowest BCUT2D eigenvalue weighted by Crippen LogP contribution is -2.43. The van der Waals surface area contributed by atoms with Gasteiger partial charge in [0, 0.05) is 31.9 Å². The fraction of sp³-hybridized carbons (Fsp3) is 0.765. The van der Waals surface area contributed by atoms with Crippen molar-refractivity contribution >= 4 is 29.9 Å². The van der Waals surface area contributed by atoms with E-state index in [1.54, 1.807) is 0 Å². The molecular weight excluding hydrogens is 401 g/mol. The molecule has 1 saturated carbocycles. The Morgan fingerprint density at radius 1 is 1.39 bits per heavy atom. The smallest absolute Gasteiger partial charge is 0.191 e. The van der Waals surface area contributed by atoms with Crippen LogP contribution in [-0.2, 0) is 13.5 Å². The van der Waals surface area contributed by atoms with Crippen molar-refractivity contribution in [1.29, 1.82) is 0 Å². The van der Waals surface area contributed by atoms with Gasteiger partial charge in [0.25, 0.3) is 0 Å². The lowest BCUT2D eigenvalue weighted by Gasteiger charge is -2.18. The highest BCUT2D eigenvalue weighted by molar-refractivity contribution is 14.0. The number of hydrogen-bond donors (Lipinski definition) is 2. The summed E-state index contributed by atoms with van der Waals surface area (Å²) in [6.07, 6.45) is 5.00. The molecule has 0 radical (unpaired) electrons. The highest BCUT2D eigenvalue weighted by Crippen LogP contribution is 2.32. The van der Waals surface area contributed by atoms with Gasteiger partial charge in [-0.1, -0.05) is 12.8 Å². The van der Waals surface area contributed by atoms with Gasteiger partial charge in [0.05, 0.1) is 5.69 Å². The van der Waals surface area contributed by atoms with Gasteiger partial charge in [-0.25, -0.2) is 0 Å². The predicted octanol–water partition coefficient (Wildman–Crippen LogP) is 2.94. The van der Waals surface area contributed by atoms with Gasteiger partial charge in [0.1, 0.15) is 0 Å². The molecule has 0 aliphatic heterocycles. The molecule has 1 atom stereocenters. The van der Waals surface area contributed by atoms with E-state index in [1.807, 2.05) is 11.7 Å². The number of aromatic nitrogens is 2. The third-order valence-electron chi connectivity index (χ3n) is 4.40. The molecule has 0 aromatic carbocycles. The van der Waals surface area contributed by atoms with Crippen molar-refractivity contribution in [2.24, 2.45) is 18.0 Å². The van der Waals surface area contributed by atoms with Crippen molar-refractivity contribution in [1.82, 2.24) is 20.4 Å². The molecule has 5 nitrogen and oxygen atoms in total. The van der Waals surface area contributed by atoms with Crippen molar-refractivity contribution in [2.45, 2.75) is 59.4 Å². The molecule has 2 N–H and O–H groups in total. The van der Waals surface area contributed by atoms with Crippen molar-refractivity contribution in [3.63, 3.8) is 0 Å². The minimum atomic E-state index is 0. The average molecular weight is 433 g/mol. The van der Waals surface area contributed by atoms with Gasteiger partial charge in [-0.15, -0.1) is 24.0 Å². The van der Waals surface area contributed by atoms with Crippen LogP contribution in [0.5, 0.6) is 0 Å². The first-order chi connectivity index (χ1) is 10.5. The van der Waals surface area contributed by atoms with Gasteiger partial charge >= 0.3 is 0 Å². The molecule has 1 aromatic heterocycles.